The fourth-order valence-electron chi connectivity index (χ4n) is 1.35. The van der Waals surface area contributed by atoms with Crippen molar-refractivity contribution in [1.82, 2.24) is 0 Å². The molecular formula is C11H14BrClO. The summed E-state index contributed by atoms with van der Waals surface area (Å²) in [5.74, 6) is 0.480. The number of ether oxygens (including phenoxy) is 1. The molecule has 0 fully saturated rings. The highest BCUT2D eigenvalue weighted by atomic mass is 79.9. The summed E-state index contributed by atoms with van der Waals surface area (Å²) >= 11 is 9.44. The third-order valence-corrected chi connectivity index (χ3v) is 3.19. The molecule has 3 heteroatoms. The first-order valence-corrected chi connectivity index (χ1v) is 6.08. The lowest BCUT2D eigenvalue weighted by Crippen LogP contribution is -2.04. The highest BCUT2D eigenvalue weighted by molar-refractivity contribution is 9.09. The number of benzene rings is 1. The van der Waals surface area contributed by atoms with Crippen LogP contribution in [0.25, 0.3) is 0 Å². The summed E-state index contributed by atoms with van der Waals surface area (Å²) in [6, 6.07) is 8.00. The smallest absolute Gasteiger partial charge is 0.0468 e. The Morgan fingerprint density at radius 3 is 2.86 bits per heavy atom. The second-order valence-corrected chi connectivity index (χ2v) is 4.27. The van der Waals surface area contributed by atoms with Crippen molar-refractivity contribution in [2.45, 2.75) is 12.3 Å². The van der Waals surface area contributed by atoms with E-state index < -0.39 is 0 Å². The van der Waals surface area contributed by atoms with E-state index in [0.29, 0.717) is 5.92 Å². The zero-order chi connectivity index (χ0) is 10.4. The Labute approximate surface area is 98.5 Å². The van der Waals surface area contributed by atoms with Crippen LogP contribution in [0.3, 0.4) is 0 Å². The number of hydrogen-bond donors (Lipinski definition) is 0. The lowest BCUT2D eigenvalue weighted by Gasteiger charge is -2.13. The fraction of sp³-hybridized carbons (Fsp3) is 0.455. The van der Waals surface area contributed by atoms with Crippen LogP contribution in [0.4, 0.5) is 0 Å². The van der Waals surface area contributed by atoms with Gasteiger partial charge in [-0.15, -0.1) is 0 Å². The van der Waals surface area contributed by atoms with Gasteiger partial charge in [0.25, 0.3) is 0 Å². The van der Waals surface area contributed by atoms with Crippen molar-refractivity contribution >= 4 is 27.5 Å². The van der Waals surface area contributed by atoms with Crippen molar-refractivity contribution in [2.24, 2.45) is 0 Å². The van der Waals surface area contributed by atoms with E-state index in [1.165, 1.54) is 5.56 Å². The molecular weight excluding hydrogens is 263 g/mol. The molecule has 1 unspecified atom stereocenters. The molecule has 0 saturated heterocycles. The zero-order valence-electron chi connectivity index (χ0n) is 8.17. The largest absolute Gasteiger partial charge is 0.385 e. The van der Waals surface area contributed by atoms with E-state index in [2.05, 4.69) is 22.0 Å². The van der Waals surface area contributed by atoms with E-state index in [-0.39, 0.29) is 0 Å². The van der Waals surface area contributed by atoms with Gasteiger partial charge >= 0.3 is 0 Å². The SMILES string of the molecule is COCCC(CBr)c1cccc(Cl)c1. The average Bonchev–Trinajstić information content (AvgIpc) is 2.19. The van der Waals surface area contributed by atoms with Crippen LogP contribution in [0.5, 0.6) is 0 Å². The Hall–Kier alpha value is -0.0500. The standard InChI is InChI=1S/C11H14BrClO/c1-14-6-5-10(8-12)9-3-2-4-11(13)7-9/h2-4,7,10H,5-6,8H2,1H3. The molecule has 1 atom stereocenters. The Bertz CT molecular complexity index is 278. The molecule has 1 aromatic carbocycles. The molecule has 1 nitrogen and oxygen atoms in total. The molecule has 0 aliphatic carbocycles. The monoisotopic (exact) mass is 276 g/mol. The van der Waals surface area contributed by atoms with Gasteiger partial charge in [-0.25, -0.2) is 0 Å². The van der Waals surface area contributed by atoms with E-state index in [4.69, 9.17) is 16.3 Å². The molecule has 78 valence electrons. The van der Waals surface area contributed by atoms with Crippen LogP contribution in [-0.4, -0.2) is 19.0 Å². The Morgan fingerprint density at radius 2 is 2.29 bits per heavy atom. The highest BCUT2D eigenvalue weighted by Gasteiger charge is 2.09. The highest BCUT2D eigenvalue weighted by Crippen LogP contribution is 2.24. The molecule has 0 saturated carbocycles. The van der Waals surface area contributed by atoms with Crippen LogP contribution in [0.15, 0.2) is 24.3 Å². The van der Waals surface area contributed by atoms with Gasteiger partial charge in [-0.3, -0.25) is 0 Å². The first-order valence-electron chi connectivity index (χ1n) is 4.58. The van der Waals surface area contributed by atoms with Gasteiger partial charge in [-0.05, 0) is 30.0 Å². The topological polar surface area (TPSA) is 9.23 Å². The van der Waals surface area contributed by atoms with E-state index >= 15 is 0 Å². The van der Waals surface area contributed by atoms with Crippen molar-refractivity contribution in [3.05, 3.63) is 34.9 Å². The number of rotatable bonds is 5. The van der Waals surface area contributed by atoms with Crippen molar-refractivity contribution in [1.29, 1.82) is 0 Å². The predicted molar refractivity (Wildman–Crippen MR) is 64.5 cm³/mol. The fourth-order valence-corrected chi connectivity index (χ4v) is 2.25. The lowest BCUT2D eigenvalue weighted by atomic mass is 9.98. The second-order valence-electron chi connectivity index (χ2n) is 3.19. The van der Waals surface area contributed by atoms with Crippen molar-refractivity contribution < 1.29 is 4.74 Å². The van der Waals surface area contributed by atoms with Gasteiger partial charge in [0.15, 0.2) is 0 Å². The molecule has 0 N–H and O–H groups in total. The molecule has 0 aliphatic heterocycles. The molecule has 0 aliphatic rings. The third-order valence-electron chi connectivity index (χ3n) is 2.18. The molecule has 0 heterocycles. The molecule has 1 aromatic rings. The summed E-state index contributed by atoms with van der Waals surface area (Å²) in [5, 5.41) is 1.74. The molecule has 0 radical (unpaired) electrons. The molecule has 14 heavy (non-hydrogen) atoms. The molecule has 1 rings (SSSR count). The van der Waals surface area contributed by atoms with E-state index in [0.717, 1.165) is 23.4 Å². The maximum atomic E-state index is 5.93. The van der Waals surface area contributed by atoms with Crippen LogP contribution < -0.4 is 0 Å². The van der Waals surface area contributed by atoms with E-state index in [1.807, 2.05) is 18.2 Å². The summed E-state index contributed by atoms with van der Waals surface area (Å²) in [4.78, 5) is 0. The van der Waals surface area contributed by atoms with Crippen LogP contribution in [0, 0.1) is 0 Å². The first kappa shape index (κ1) is 12.0. The van der Waals surface area contributed by atoms with Crippen LogP contribution in [0.2, 0.25) is 5.02 Å². The van der Waals surface area contributed by atoms with Gasteiger partial charge in [0.05, 0.1) is 0 Å². The minimum atomic E-state index is 0.480. The predicted octanol–water partition coefficient (Wildman–Crippen LogP) is 3.86. The molecule has 0 bridgehead atoms. The normalized spacial score (nSPS) is 12.8. The number of alkyl halides is 1. The van der Waals surface area contributed by atoms with Crippen LogP contribution in [-0.2, 0) is 4.74 Å². The maximum Gasteiger partial charge on any atom is 0.0468 e. The number of halogens is 2. The summed E-state index contributed by atoms with van der Waals surface area (Å²) in [6.07, 6.45) is 1.02. The van der Waals surface area contributed by atoms with Gasteiger partial charge in [0.1, 0.15) is 0 Å². The van der Waals surface area contributed by atoms with Gasteiger partial charge in [0.2, 0.25) is 0 Å². The van der Waals surface area contributed by atoms with Crippen LogP contribution in [0.1, 0.15) is 17.9 Å². The third kappa shape index (κ3) is 3.60. The Balaban J connectivity index is 2.68. The van der Waals surface area contributed by atoms with Gasteiger partial charge in [-0.2, -0.15) is 0 Å². The Kier molecular flexibility index (Phi) is 5.53. The maximum absolute atomic E-state index is 5.93. The lowest BCUT2D eigenvalue weighted by molar-refractivity contribution is 0.190. The van der Waals surface area contributed by atoms with E-state index in [9.17, 15) is 0 Å². The molecule has 0 spiro atoms. The minimum absolute atomic E-state index is 0.480. The minimum Gasteiger partial charge on any atom is -0.385 e. The van der Waals surface area contributed by atoms with Crippen LogP contribution >= 0.6 is 27.5 Å². The van der Waals surface area contributed by atoms with Gasteiger partial charge < -0.3 is 4.74 Å². The van der Waals surface area contributed by atoms with Crippen molar-refractivity contribution in [3.63, 3.8) is 0 Å². The number of methoxy groups -OCH3 is 1. The Morgan fingerprint density at radius 1 is 1.50 bits per heavy atom. The van der Waals surface area contributed by atoms with Gasteiger partial charge in [-0.1, -0.05) is 39.7 Å². The number of hydrogen-bond acceptors (Lipinski definition) is 1. The second kappa shape index (κ2) is 6.44. The zero-order valence-corrected chi connectivity index (χ0v) is 10.5. The van der Waals surface area contributed by atoms with Gasteiger partial charge in [0, 0.05) is 24.1 Å². The summed E-state index contributed by atoms with van der Waals surface area (Å²) in [6.45, 7) is 0.781. The summed E-state index contributed by atoms with van der Waals surface area (Å²) in [7, 11) is 1.73. The molecule has 0 amide bonds. The van der Waals surface area contributed by atoms with E-state index in [1.54, 1.807) is 7.11 Å². The first-order chi connectivity index (χ1) is 6.77. The summed E-state index contributed by atoms with van der Waals surface area (Å²) in [5.41, 5.74) is 1.27. The average molecular weight is 278 g/mol. The summed E-state index contributed by atoms with van der Waals surface area (Å²) < 4.78 is 5.07. The quantitative estimate of drug-likeness (QED) is 0.743. The molecule has 0 aromatic heterocycles. The van der Waals surface area contributed by atoms with Crippen molar-refractivity contribution in [2.75, 3.05) is 19.0 Å². The van der Waals surface area contributed by atoms with Crippen molar-refractivity contribution in [3.8, 4) is 0 Å².